The first-order valence-electron chi connectivity index (χ1n) is 8.19. The van der Waals surface area contributed by atoms with E-state index in [1.807, 2.05) is 30.3 Å². The van der Waals surface area contributed by atoms with Gasteiger partial charge in [-0.25, -0.2) is 14.8 Å². The van der Waals surface area contributed by atoms with Crippen LogP contribution in [0.25, 0.3) is 16.8 Å². The molecule has 0 fully saturated rings. The Balaban J connectivity index is 1.96. The first-order valence-corrected chi connectivity index (χ1v) is 8.19. The molecule has 0 radical (unpaired) electrons. The molecule has 6 nitrogen and oxygen atoms in total. The molecule has 0 saturated carbocycles. The molecule has 136 valence electrons. The largest absolute Gasteiger partial charge is 0.503 e. The second-order valence-electron chi connectivity index (χ2n) is 5.46. The van der Waals surface area contributed by atoms with Crippen LogP contribution in [0.2, 0.25) is 0 Å². The summed E-state index contributed by atoms with van der Waals surface area (Å²) in [5, 5.41) is 0. The Bertz CT molecular complexity index is 955. The third-order valence-corrected chi connectivity index (χ3v) is 3.74. The summed E-state index contributed by atoms with van der Waals surface area (Å²) < 4.78 is 15.8. The molecular formula is C21H18N2O4. The summed E-state index contributed by atoms with van der Waals surface area (Å²) in [7, 11) is 2.77. The number of benzene rings is 2. The highest BCUT2D eigenvalue weighted by Gasteiger charge is 2.18. The van der Waals surface area contributed by atoms with Gasteiger partial charge in [0.2, 0.25) is 5.88 Å². The van der Waals surface area contributed by atoms with Crippen molar-refractivity contribution in [1.82, 2.24) is 9.97 Å². The highest BCUT2D eigenvalue weighted by molar-refractivity contribution is 6.17. The number of carbonyl (C=O) groups is 1. The molecule has 0 bridgehead atoms. The van der Waals surface area contributed by atoms with Gasteiger partial charge in [0.1, 0.15) is 17.6 Å². The van der Waals surface area contributed by atoms with Gasteiger partial charge in [0.15, 0.2) is 0 Å². The number of rotatable bonds is 6. The zero-order valence-corrected chi connectivity index (χ0v) is 15.0. The number of hydrogen-bond acceptors (Lipinski definition) is 6. The zero-order chi connectivity index (χ0) is 19.1. The molecule has 6 heteroatoms. The van der Waals surface area contributed by atoms with Crippen molar-refractivity contribution in [3.05, 3.63) is 78.8 Å². The third kappa shape index (κ3) is 4.30. The van der Waals surface area contributed by atoms with Crippen LogP contribution >= 0.6 is 0 Å². The second kappa shape index (κ2) is 8.62. The molecule has 0 aliphatic rings. The zero-order valence-electron chi connectivity index (χ0n) is 15.0. The third-order valence-electron chi connectivity index (χ3n) is 3.74. The first kappa shape index (κ1) is 18.1. The summed E-state index contributed by atoms with van der Waals surface area (Å²) in [6.07, 6.45) is 2.76. The predicted molar refractivity (Wildman–Crippen MR) is 101 cm³/mol. The average Bonchev–Trinajstić information content (AvgIpc) is 2.73. The van der Waals surface area contributed by atoms with Gasteiger partial charge < -0.3 is 14.2 Å². The summed E-state index contributed by atoms with van der Waals surface area (Å²) in [6.45, 7) is 0. The molecule has 0 atom stereocenters. The van der Waals surface area contributed by atoms with Crippen LogP contribution in [0.1, 0.15) is 5.56 Å². The lowest BCUT2D eigenvalue weighted by Gasteiger charge is -2.12. The molecule has 0 unspecified atom stereocenters. The number of aromatic nitrogens is 2. The van der Waals surface area contributed by atoms with Gasteiger partial charge in [-0.3, -0.25) is 0 Å². The number of nitrogens with zero attached hydrogens (tertiary/aromatic N) is 2. The van der Waals surface area contributed by atoms with Gasteiger partial charge >= 0.3 is 5.97 Å². The van der Waals surface area contributed by atoms with E-state index in [4.69, 9.17) is 14.2 Å². The number of hydrogen-bond donors (Lipinski definition) is 0. The minimum absolute atomic E-state index is 0.243. The van der Waals surface area contributed by atoms with Crippen molar-refractivity contribution < 1.29 is 19.0 Å². The van der Waals surface area contributed by atoms with Crippen molar-refractivity contribution >= 4 is 11.5 Å². The van der Waals surface area contributed by atoms with E-state index in [9.17, 15) is 4.79 Å². The Morgan fingerprint density at radius 2 is 1.70 bits per heavy atom. The van der Waals surface area contributed by atoms with E-state index in [2.05, 4.69) is 9.97 Å². The first-order chi connectivity index (χ1) is 13.2. The smallest absolute Gasteiger partial charge is 0.341 e. The Hall–Kier alpha value is -3.67. The standard InChI is InChI=1S/C21H18N2O4/c1-25-13-17(21(24)26-2)16-10-6-7-11-19(16)27-20-12-18(22-14-23-20)15-8-4-3-5-9-15/h3-14H,1-2H3/b17-13+. The lowest BCUT2D eigenvalue weighted by molar-refractivity contribution is -0.133. The quantitative estimate of drug-likeness (QED) is 0.374. The van der Waals surface area contributed by atoms with Crippen molar-refractivity contribution in [2.75, 3.05) is 14.2 Å². The lowest BCUT2D eigenvalue weighted by atomic mass is 10.1. The van der Waals surface area contributed by atoms with Gasteiger partial charge in [0.25, 0.3) is 0 Å². The molecule has 2 aromatic carbocycles. The Labute approximate surface area is 157 Å². The maximum atomic E-state index is 12.1. The van der Waals surface area contributed by atoms with Crippen LogP contribution in [-0.2, 0) is 14.3 Å². The summed E-state index contributed by atoms with van der Waals surface area (Å²) in [5.74, 6) is 0.280. The molecule has 27 heavy (non-hydrogen) atoms. The van der Waals surface area contributed by atoms with Crippen molar-refractivity contribution in [2.45, 2.75) is 0 Å². The normalized spacial score (nSPS) is 11.0. The Morgan fingerprint density at radius 3 is 2.44 bits per heavy atom. The van der Waals surface area contributed by atoms with Crippen LogP contribution in [0.3, 0.4) is 0 Å². The van der Waals surface area contributed by atoms with Crippen molar-refractivity contribution in [2.24, 2.45) is 0 Å². The summed E-state index contributed by atoms with van der Waals surface area (Å²) in [5.41, 5.74) is 2.46. The minimum Gasteiger partial charge on any atom is -0.503 e. The van der Waals surface area contributed by atoms with E-state index in [0.717, 1.165) is 11.3 Å². The highest BCUT2D eigenvalue weighted by Crippen LogP contribution is 2.31. The fraction of sp³-hybridized carbons (Fsp3) is 0.0952. The monoisotopic (exact) mass is 362 g/mol. The average molecular weight is 362 g/mol. The van der Waals surface area contributed by atoms with Crippen LogP contribution in [0, 0.1) is 0 Å². The molecule has 3 rings (SSSR count). The van der Waals surface area contributed by atoms with Crippen molar-refractivity contribution in [3.63, 3.8) is 0 Å². The van der Waals surface area contributed by atoms with Gasteiger partial charge in [-0.05, 0) is 6.07 Å². The molecule has 1 aromatic heterocycles. The molecule has 1 heterocycles. The van der Waals surface area contributed by atoms with E-state index in [0.29, 0.717) is 17.2 Å². The molecular weight excluding hydrogens is 344 g/mol. The molecule has 0 spiro atoms. The SMILES string of the molecule is CO/C=C(/C(=O)OC)c1ccccc1Oc1cc(-c2ccccc2)ncn1. The maximum absolute atomic E-state index is 12.1. The van der Waals surface area contributed by atoms with Gasteiger partial charge in [-0.15, -0.1) is 0 Å². The predicted octanol–water partition coefficient (Wildman–Crippen LogP) is 4.10. The topological polar surface area (TPSA) is 70.5 Å². The Kier molecular flexibility index (Phi) is 5.79. The van der Waals surface area contributed by atoms with Gasteiger partial charge in [-0.1, -0.05) is 48.5 Å². The number of para-hydroxylation sites is 1. The van der Waals surface area contributed by atoms with Crippen LogP contribution in [0.15, 0.2) is 73.3 Å². The highest BCUT2D eigenvalue weighted by atomic mass is 16.5. The lowest BCUT2D eigenvalue weighted by Crippen LogP contribution is -2.06. The van der Waals surface area contributed by atoms with E-state index in [1.165, 1.54) is 26.8 Å². The molecule has 0 aliphatic heterocycles. The molecule has 0 N–H and O–H groups in total. The van der Waals surface area contributed by atoms with Crippen LogP contribution < -0.4 is 4.74 Å². The summed E-state index contributed by atoms with van der Waals surface area (Å²) in [6, 6.07) is 18.6. The van der Waals surface area contributed by atoms with Crippen molar-refractivity contribution in [3.8, 4) is 22.9 Å². The molecule has 0 aliphatic carbocycles. The summed E-state index contributed by atoms with van der Waals surface area (Å²) in [4.78, 5) is 20.5. The van der Waals surface area contributed by atoms with Crippen LogP contribution in [0.4, 0.5) is 0 Å². The fourth-order valence-corrected chi connectivity index (χ4v) is 2.50. The Morgan fingerprint density at radius 1 is 0.963 bits per heavy atom. The maximum Gasteiger partial charge on any atom is 0.341 e. The van der Waals surface area contributed by atoms with E-state index >= 15 is 0 Å². The van der Waals surface area contributed by atoms with E-state index in [1.54, 1.807) is 30.3 Å². The number of ether oxygens (including phenoxy) is 3. The molecule has 0 amide bonds. The van der Waals surface area contributed by atoms with Crippen molar-refractivity contribution in [1.29, 1.82) is 0 Å². The number of esters is 1. The number of methoxy groups -OCH3 is 2. The molecule has 3 aromatic rings. The van der Waals surface area contributed by atoms with Crippen LogP contribution in [-0.4, -0.2) is 30.2 Å². The summed E-state index contributed by atoms with van der Waals surface area (Å²) >= 11 is 0. The van der Waals surface area contributed by atoms with E-state index < -0.39 is 5.97 Å². The van der Waals surface area contributed by atoms with Gasteiger partial charge in [0.05, 0.1) is 26.2 Å². The molecule has 0 saturated heterocycles. The number of carbonyl (C=O) groups excluding carboxylic acids is 1. The fourth-order valence-electron chi connectivity index (χ4n) is 2.50. The van der Waals surface area contributed by atoms with Gasteiger partial charge in [-0.2, -0.15) is 0 Å². The van der Waals surface area contributed by atoms with Gasteiger partial charge in [0, 0.05) is 17.2 Å². The van der Waals surface area contributed by atoms with Crippen LogP contribution in [0.5, 0.6) is 11.6 Å². The van der Waals surface area contributed by atoms with E-state index in [-0.39, 0.29) is 5.57 Å². The minimum atomic E-state index is -0.527. The second-order valence-corrected chi connectivity index (χ2v) is 5.46.